The summed E-state index contributed by atoms with van der Waals surface area (Å²) in [5, 5.41) is 6.34. The fourth-order valence-corrected chi connectivity index (χ4v) is 4.11. The van der Waals surface area contributed by atoms with E-state index in [1.807, 2.05) is 25.1 Å². The number of halogens is 1. The number of aryl methyl sites for hydroxylation is 1. The molecule has 2 aromatic carbocycles. The molecule has 1 heterocycles. The molecule has 0 aliphatic carbocycles. The Balaban J connectivity index is 1.59. The standard InChI is InChI=1S/C22H22ClN3O4S/c1-13-19(31-22(25-13)14-8-9-17(29-2)18(12-14)30-3)10-11-24-20(27)21(28)26-16-7-5-4-6-15(16)23/h4-9,12H,10-11H2,1-3H3,(H,24,27)(H,26,28). The van der Waals surface area contributed by atoms with Crippen molar-refractivity contribution >= 4 is 40.4 Å². The second-order valence-corrected chi connectivity index (χ2v) is 8.03. The van der Waals surface area contributed by atoms with Gasteiger partial charge in [0.2, 0.25) is 0 Å². The van der Waals surface area contributed by atoms with Gasteiger partial charge in [-0.05, 0) is 37.3 Å². The van der Waals surface area contributed by atoms with Crippen LogP contribution in [0.4, 0.5) is 5.69 Å². The first-order valence-electron chi connectivity index (χ1n) is 9.45. The smallest absolute Gasteiger partial charge is 0.313 e. The largest absolute Gasteiger partial charge is 0.493 e. The Morgan fingerprint density at radius 2 is 1.81 bits per heavy atom. The highest BCUT2D eigenvalue weighted by Gasteiger charge is 2.16. The average Bonchev–Trinajstić information content (AvgIpc) is 3.15. The first kappa shape index (κ1) is 22.6. The monoisotopic (exact) mass is 459 g/mol. The van der Waals surface area contributed by atoms with Gasteiger partial charge >= 0.3 is 11.8 Å². The minimum Gasteiger partial charge on any atom is -0.493 e. The number of amides is 2. The van der Waals surface area contributed by atoms with E-state index in [1.54, 1.807) is 38.5 Å². The van der Waals surface area contributed by atoms with Crippen molar-refractivity contribution in [2.24, 2.45) is 0 Å². The number of methoxy groups -OCH3 is 2. The van der Waals surface area contributed by atoms with E-state index >= 15 is 0 Å². The van der Waals surface area contributed by atoms with Crippen molar-refractivity contribution in [3.8, 4) is 22.1 Å². The summed E-state index contributed by atoms with van der Waals surface area (Å²) >= 11 is 7.53. The third-order valence-corrected chi connectivity index (χ3v) is 6.08. The molecule has 0 aliphatic rings. The second kappa shape index (κ2) is 10.3. The zero-order chi connectivity index (χ0) is 22.4. The Morgan fingerprint density at radius 1 is 1.06 bits per heavy atom. The Kier molecular flexibility index (Phi) is 7.49. The highest BCUT2D eigenvalue weighted by molar-refractivity contribution is 7.15. The maximum atomic E-state index is 12.1. The van der Waals surface area contributed by atoms with E-state index in [1.165, 1.54) is 11.3 Å². The summed E-state index contributed by atoms with van der Waals surface area (Å²) in [7, 11) is 3.18. The number of nitrogens with one attached hydrogen (secondary N) is 2. The van der Waals surface area contributed by atoms with Crippen molar-refractivity contribution in [2.45, 2.75) is 13.3 Å². The van der Waals surface area contributed by atoms with Crippen LogP contribution in [0.1, 0.15) is 10.6 Å². The fourth-order valence-electron chi connectivity index (χ4n) is 2.86. The molecule has 1 aromatic heterocycles. The number of hydrogen-bond donors (Lipinski definition) is 2. The maximum absolute atomic E-state index is 12.1. The number of rotatable bonds is 7. The Labute approximate surface area is 189 Å². The van der Waals surface area contributed by atoms with E-state index in [9.17, 15) is 9.59 Å². The van der Waals surface area contributed by atoms with Gasteiger partial charge in [-0.15, -0.1) is 11.3 Å². The van der Waals surface area contributed by atoms with E-state index in [0.717, 1.165) is 21.1 Å². The van der Waals surface area contributed by atoms with Gasteiger partial charge in [0.15, 0.2) is 11.5 Å². The SMILES string of the molecule is COc1ccc(-c2nc(C)c(CCNC(=O)C(=O)Nc3ccccc3Cl)s2)cc1OC. The van der Waals surface area contributed by atoms with Crippen molar-refractivity contribution in [3.63, 3.8) is 0 Å². The molecule has 0 saturated heterocycles. The Hall–Kier alpha value is -3.10. The lowest BCUT2D eigenvalue weighted by Crippen LogP contribution is -2.36. The molecular weight excluding hydrogens is 438 g/mol. The topological polar surface area (TPSA) is 89.5 Å². The molecule has 3 aromatic rings. The van der Waals surface area contributed by atoms with Crippen LogP contribution in [-0.4, -0.2) is 37.6 Å². The predicted octanol–water partition coefficient (Wildman–Crippen LogP) is 4.09. The summed E-state index contributed by atoms with van der Waals surface area (Å²) in [5.41, 5.74) is 2.19. The van der Waals surface area contributed by atoms with E-state index < -0.39 is 11.8 Å². The van der Waals surface area contributed by atoms with Gasteiger partial charge in [-0.3, -0.25) is 9.59 Å². The summed E-state index contributed by atoms with van der Waals surface area (Å²) < 4.78 is 10.6. The minimum absolute atomic E-state index is 0.309. The quantitative estimate of drug-likeness (QED) is 0.519. The molecule has 0 bridgehead atoms. The highest BCUT2D eigenvalue weighted by atomic mass is 35.5. The molecule has 9 heteroatoms. The number of ether oxygens (including phenoxy) is 2. The van der Waals surface area contributed by atoms with Crippen LogP contribution in [0.25, 0.3) is 10.6 Å². The van der Waals surface area contributed by atoms with Gasteiger partial charge in [0.1, 0.15) is 5.01 Å². The number of benzene rings is 2. The summed E-state index contributed by atoms with van der Waals surface area (Å²) in [6.45, 7) is 2.23. The van der Waals surface area contributed by atoms with Crippen LogP contribution in [0, 0.1) is 6.92 Å². The van der Waals surface area contributed by atoms with Gasteiger partial charge in [0, 0.05) is 23.4 Å². The van der Waals surface area contributed by atoms with Crippen LogP contribution in [0.5, 0.6) is 11.5 Å². The normalized spacial score (nSPS) is 10.5. The van der Waals surface area contributed by atoms with Crippen molar-refractivity contribution in [1.29, 1.82) is 0 Å². The van der Waals surface area contributed by atoms with Crippen molar-refractivity contribution < 1.29 is 19.1 Å². The van der Waals surface area contributed by atoms with E-state index in [-0.39, 0.29) is 0 Å². The van der Waals surface area contributed by atoms with Gasteiger partial charge < -0.3 is 20.1 Å². The Bertz CT molecular complexity index is 1100. The van der Waals surface area contributed by atoms with Gasteiger partial charge in [0.25, 0.3) is 0 Å². The van der Waals surface area contributed by atoms with Gasteiger partial charge in [-0.1, -0.05) is 23.7 Å². The van der Waals surface area contributed by atoms with Crippen LogP contribution in [0.15, 0.2) is 42.5 Å². The molecule has 0 unspecified atom stereocenters. The third-order valence-electron chi connectivity index (χ3n) is 4.49. The number of anilines is 1. The van der Waals surface area contributed by atoms with Crippen LogP contribution >= 0.6 is 22.9 Å². The molecule has 0 atom stereocenters. The minimum atomic E-state index is -0.764. The van der Waals surface area contributed by atoms with Gasteiger partial charge in [-0.2, -0.15) is 0 Å². The van der Waals surface area contributed by atoms with E-state index in [0.29, 0.717) is 35.2 Å². The molecule has 0 fully saturated rings. The number of hydrogen-bond acceptors (Lipinski definition) is 6. The van der Waals surface area contributed by atoms with Gasteiger partial charge in [0.05, 0.1) is 30.6 Å². The molecule has 7 nitrogen and oxygen atoms in total. The lowest BCUT2D eigenvalue weighted by molar-refractivity contribution is -0.136. The molecule has 0 saturated carbocycles. The summed E-state index contributed by atoms with van der Waals surface area (Å²) in [4.78, 5) is 29.8. The lowest BCUT2D eigenvalue weighted by atomic mass is 10.2. The molecule has 31 heavy (non-hydrogen) atoms. The summed E-state index contributed by atoms with van der Waals surface area (Å²) in [5.74, 6) is -0.203. The fraction of sp³-hybridized carbons (Fsp3) is 0.227. The lowest BCUT2D eigenvalue weighted by Gasteiger charge is -2.08. The predicted molar refractivity (Wildman–Crippen MR) is 122 cm³/mol. The molecule has 3 rings (SSSR count). The molecule has 0 radical (unpaired) electrons. The Morgan fingerprint density at radius 3 is 2.52 bits per heavy atom. The summed E-state index contributed by atoms with van der Waals surface area (Å²) in [6, 6.07) is 12.4. The first-order chi connectivity index (χ1) is 14.9. The van der Waals surface area contributed by atoms with Crippen LogP contribution < -0.4 is 20.1 Å². The van der Waals surface area contributed by atoms with Crippen LogP contribution in [-0.2, 0) is 16.0 Å². The molecule has 2 amide bonds. The number of aromatic nitrogens is 1. The number of carbonyl (C=O) groups is 2. The van der Waals surface area contributed by atoms with Gasteiger partial charge in [-0.25, -0.2) is 4.98 Å². The van der Waals surface area contributed by atoms with Crippen LogP contribution in [0.2, 0.25) is 5.02 Å². The second-order valence-electron chi connectivity index (χ2n) is 6.54. The first-order valence-corrected chi connectivity index (χ1v) is 10.6. The van der Waals surface area contributed by atoms with Crippen LogP contribution in [0.3, 0.4) is 0 Å². The van der Waals surface area contributed by atoms with Crippen molar-refractivity contribution in [3.05, 3.63) is 58.1 Å². The molecule has 162 valence electrons. The van der Waals surface area contributed by atoms with Crippen molar-refractivity contribution in [1.82, 2.24) is 10.3 Å². The zero-order valence-electron chi connectivity index (χ0n) is 17.3. The van der Waals surface area contributed by atoms with E-state index in [4.69, 9.17) is 21.1 Å². The molecule has 0 spiro atoms. The maximum Gasteiger partial charge on any atom is 0.313 e. The number of nitrogens with zero attached hydrogens (tertiary/aromatic N) is 1. The summed E-state index contributed by atoms with van der Waals surface area (Å²) in [6.07, 6.45) is 0.557. The zero-order valence-corrected chi connectivity index (χ0v) is 18.9. The molecule has 2 N–H and O–H groups in total. The highest BCUT2D eigenvalue weighted by Crippen LogP contribution is 2.35. The number of carbonyl (C=O) groups excluding carboxylic acids is 2. The average molecular weight is 460 g/mol. The number of thiazole rings is 1. The molecular formula is C22H22ClN3O4S. The van der Waals surface area contributed by atoms with E-state index in [2.05, 4.69) is 15.6 Å². The van der Waals surface area contributed by atoms with Crippen molar-refractivity contribution in [2.75, 3.05) is 26.1 Å². The third kappa shape index (κ3) is 5.53. The number of para-hydroxylation sites is 1. The molecule has 0 aliphatic heterocycles.